The molecule has 0 aliphatic heterocycles. The van der Waals surface area contributed by atoms with Crippen LogP contribution in [0.4, 0.5) is 11.4 Å². The van der Waals surface area contributed by atoms with Gasteiger partial charge in [0.1, 0.15) is 4.90 Å². The van der Waals surface area contributed by atoms with Crippen LogP contribution in [0.3, 0.4) is 0 Å². The zero-order valence-electron chi connectivity index (χ0n) is 14.1. The molecule has 1 amide bonds. The molecule has 0 spiro atoms. The van der Waals surface area contributed by atoms with Gasteiger partial charge in [-0.05, 0) is 48.5 Å². The molecular weight excluding hydrogens is 487 g/mol. The molecule has 0 aliphatic carbocycles. The van der Waals surface area contributed by atoms with Crippen LogP contribution >= 0.6 is 39.1 Å². The Morgan fingerprint density at radius 1 is 0.857 bits per heavy atom. The van der Waals surface area contributed by atoms with Gasteiger partial charge in [-0.15, -0.1) is 0 Å². The van der Waals surface area contributed by atoms with Crippen LogP contribution in [0.2, 0.25) is 10.0 Å². The van der Waals surface area contributed by atoms with E-state index in [0.29, 0.717) is 11.4 Å². The average Bonchev–Trinajstić information content (AvgIpc) is 2.64. The van der Waals surface area contributed by atoms with E-state index in [9.17, 15) is 13.2 Å². The summed E-state index contributed by atoms with van der Waals surface area (Å²) in [6.45, 7) is 0. The molecule has 0 aliphatic rings. The first-order valence-corrected chi connectivity index (χ1v) is 10.9. The van der Waals surface area contributed by atoms with Gasteiger partial charge in [0, 0.05) is 15.8 Å². The number of rotatable bonds is 5. The minimum Gasteiger partial charge on any atom is -0.322 e. The number of anilines is 2. The fourth-order valence-corrected chi connectivity index (χ4v) is 4.54. The number of benzene rings is 3. The van der Waals surface area contributed by atoms with Crippen molar-refractivity contribution in [3.8, 4) is 0 Å². The number of hydrogen-bond acceptors (Lipinski definition) is 3. The average molecular weight is 500 g/mol. The Labute approximate surface area is 180 Å². The molecule has 0 heterocycles. The van der Waals surface area contributed by atoms with E-state index in [2.05, 4.69) is 26.0 Å². The van der Waals surface area contributed by atoms with Crippen molar-refractivity contribution in [3.63, 3.8) is 0 Å². The second-order valence-electron chi connectivity index (χ2n) is 5.70. The topological polar surface area (TPSA) is 75.3 Å². The second kappa shape index (κ2) is 8.53. The lowest BCUT2D eigenvalue weighted by molar-refractivity contribution is 0.102. The lowest BCUT2D eigenvalue weighted by atomic mass is 10.2. The number of para-hydroxylation sites is 1. The van der Waals surface area contributed by atoms with Crippen LogP contribution in [0.5, 0.6) is 0 Å². The number of nitrogens with one attached hydrogen (secondary N) is 2. The number of amides is 1. The molecule has 3 aromatic rings. The largest absolute Gasteiger partial charge is 0.322 e. The molecule has 0 radical (unpaired) electrons. The predicted octanol–water partition coefficient (Wildman–Crippen LogP) is 5.81. The van der Waals surface area contributed by atoms with Crippen LogP contribution in [-0.2, 0) is 10.0 Å². The monoisotopic (exact) mass is 498 g/mol. The molecule has 0 fully saturated rings. The number of sulfonamides is 1. The minimum absolute atomic E-state index is 0.00824. The first kappa shape index (κ1) is 20.7. The van der Waals surface area contributed by atoms with Gasteiger partial charge in [0.25, 0.3) is 15.9 Å². The molecule has 5 nitrogen and oxygen atoms in total. The molecule has 3 aromatic carbocycles. The molecule has 28 heavy (non-hydrogen) atoms. The Morgan fingerprint density at radius 3 is 2.14 bits per heavy atom. The maximum absolute atomic E-state index is 12.8. The fourth-order valence-electron chi connectivity index (χ4n) is 2.36. The van der Waals surface area contributed by atoms with Crippen molar-refractivity contribution < 1.29 is 13.2 Å². The van der Waals surface area contributed by atoms with Crippen molar-refractivity contribution in [2.24, 2.45) is 0 Å². The summed E-state index contributed by atoms with van der Waals surface area (Å²) in [5.41, 5.74) is 0.895. The number of carbonyl (C=O) groups is 1. The molecule has 2 N–H and O–H groups in total. The fraction of sp³-hybridized carbons (Fsp3) is 0. The van der Waals surface area contributed by atoms with Gasteiger partial charge < -0.3 is 5.32 Å². The normalized spacial score (nSPS) is 11.1. The van der Waals surface area contributed by atoms with Crippen molar-refractivity contribution in [1.82, 2.24) is 0 Å². The lowest BCUT2D eigenvalue weighted by Gasteiger charge is -2.13. The van der Waals surface area contributed by atoms with Crippen LogP contribution in [0.25, 0.3) is 0 Å². The van der Waals surface area contributed by atoms with Gasteiger partial charge in [-0.1, -0.05) is 57.3 Å². The summed E-state index contributed by atoms with van der Waals surface area (Å²) in [6, 6.07) is 17.7. The molecule has 9 heteroatoms. The van der Waals surface area contributed by atoms with Gasteiger partial charge in [-0.3, -0.25) is 9.52 Å². The van der Waals surface area contributed by atoms with Gasteiger partial charge >= 0.3 is 0 Å². The van der Waals surface area contributed by atoms with Crippen molar-refractivity contribution in [2.75, 3.05) is 10.0 Å². The molecule has 3 rings (SSSR count). The molecule has 0 bridgehead atoms. The Balaban J connectivity index is 1.94. The highest BCUT2D eigenvalue weighted by atomic mass is 79.9. The second-order valence-corrected chi connectivity index (χ2v) is 9.08. The summed E-state index contributed by atoms with van der Waals surface area (Å²) in [7, 11) is -4.04. The Bertz CT molecular complexity index is 1120. The summed E-state index contributed by atoms with van der Waals surface area (Å²) in [4.78, 5) is 12.3. The van der Waals surface area contributed by atoms with E-state index in [1.807, 2.05) is 6.07 Å². The summed E-state index contributed by atoms with van der Waals surface area (Å²) in [5, 5.41) is 2.62. The van der Waals surface area contributed by atoms with Gasteiger partial charge in [0.05, 0.1) is 15.6 Å². The van der Waals surface area contributed by atoms with E-state index in [1.54, 1.807) is 48.5 Å². The third-order valence-corrected chi connectivity index (χ3v) is 6.37. The molecule has 144 valence electrons. The Morgan fingerprint density at radius 2 is 1.50 bits per heavy atom. The van der Waals surface area contributed by atoms with Crippen molar-refractivity contribution in [3.05, 3.63) is 86.8 Å². The summed E-state index contributed by atoms with van der Waals surface area (Å²) in [6.07, 6.45) is 0. The summed E-state index contributed by atoms with van der Waals surface area (Å²) in [5.74, 6) is -0.548. The highest BCUT2D eigenvalue weighted by Crippen LogP contribution is 2.30. The van der Waals surface area contributed by atoms with E-state index in [0.717, 1.165) is 10.5 Å². The first-order valence-electron chi connectivity index (χ1n) is 7.90. The minimum atomic E-state index is -4.04. The van der Waals surface area contributed by atoms with Gasteiger partial charge in [-0.25, -0.2) is 8.42 Å². The molecular formula is C19H13BrCl2N2O3S. The molecule has 0 aromatic heterocycles. The SMILES string of the molecule is O=C(Nc1ccccc1)c1cc(S(=O)(=O)Nc2ccc(Br)cc2)c(Cl)cc1Cl. The predicted molar refractivity (Wildman–Crippen MR) is 116 cm³/mol. The van der Waals surface area contributed by atoms with Crippen LogP contribution < -0.4 is 10.0 Å². The van der Waals surface area contributed by atoms with E-state index in [-0.39, 0.29) is 20.5 Å². The van der Waals surface area contributed by atoms with Gasteiger partial charge in [-0.2, -0.15) is 0 Å². The van der Waals surface area contributed by atoms with Gasteiger partial charge in [0.2, 0.25) is 0 Å². The summed E-state index contributed by atoms with van der Waals surface area (Å²) < 4.78 is 28.8. The number of carbonyl (C=O) groups excluding carboxylic acids is 1. The molecule has 0 atom stereocenters. The van der Waals surface area contributed by atoms with E-state index in [1.165, 1.54) is 6.07 Å². The van der Waals surface area contributed by atoms with Crippen LogP contribution in [0.1, 0.15) is 10.4 Å². The number of halogens is 3. The quantitative estimate of drug-likeness (QED) is 0.465. The van der Waals surface area contributed by atoms with E-state index in [4.69, 9.17) is 23.2 Å². The van der Waals surface area contributed by atoms with Crippen molar-refractivity contribution in [2.45, 2.75) is 4.90 Å². The zero-order valence-corrected chi connectivity index (χ0v) is 18.0. The smallest absolute Gasteiger partial charge is 0.263 e. The molecule has 0 saturated carbocycles. The summed E-state index contributed by atoms with van der Waals surface area (Å²) >= 11 is 15.5. The Kier molecular flexibility index (Phi) is 6.30. The standard InChI is InChI=1S/C19H13BrCl2N2O3S/c20-12-6-8-14(9-7-12)24-28(26,27)18-10-15(16(21)11-17(18)22)19(25)23-13-4-2-1-3-5-13/h1-11,24H,(H,23,25). The molecule has 0 saturated heterocycles. The highest BCUT2D eigenvalue weighted by Gasteiger charge is 2.23. The van der Waals surface area contributed by atoms with Crippen LogP contribution in [-0.4, -0.2) is 14.3 Å². The highest BCUT2D eigenvalue weighted by molar-refractivity contribution is 9.10. The van der Waals surface area contributed by atoms with E-state index >= 15 is 0 Å². The maximum atomic E-state index is 12.8. The third-order valence-electron chi connectivity index (χ3n) is 3.68. The van der Waals surface area contributed by atoms with Crippen LogP contribution in [0, 0.1) is 0 Å². The van der Waals surface area contributed by atoms with E-state index < -0.39 is 15.9 Å². The van der Waals surface area contributed by atoms with Crippen molar-refractivity contribution >= 4 is 66.4 Å². The van der Waals surface area contributed by atoms with Gasteiger partial charge in [0.15, 0.2) is 0 Å². The molecule has 0 unspecified atom stereocenters. The first-order chi connectivity index (χ1) is 13.3. The van der Waals surface area contributed by atoms with Crippen LogP contribution in [0.15, 0.2) is 76.1 Å². The maximum Gasteiger partial charge on any atom is 0.263 e. The van der Waals surface area contributed by atoms with Crippen molar-refractivity contribution in [1.29, 1.82) is 0 Å². The lowest BCUT2D eigenvalue weighted by Crippen LogP contribution is -2.17. The number of hydrogen-bond donors (Lipinski definition) is 2. The Hall–Kier alpha value is -2.06. The third kappa shape index (κ3) is 4.86. The zero-order chi connectivity index (χ0) is 20.3.